The van der Waals surface area contributed by atoms with Gasteiger partial charge in [0.05, 0.1) is 5.69 Å². The summed E-state index contributed by atoms with van der Waals surface area (Å²) in [6, 6.07) is 6.97. The highest BCUT2D eigenvalue weighted by molar-refractivity contribution is 7.17. The average molecular weight is 449 g/mol. The average Bonchev–Trinajstić information content (AvgIpc) is 3.11. The number of halogens is 1. The highest BCUT2D eigenvalue weighted by Crippen LogP contribution is 2.29. The Morgan fingerprint density at radius 1 is 1.17 bits per heavy atom. The topological polar surface area (TPSA) is 126 Å². The van der Waals surface area contributed by atoms with Crippen molar-refractivity contribution in [3.8, 4) is 10.6 Å². The molecule has 1 aromatic carbocycles. The van der Waals surface area contributed by atoms with E-state index in [1.807, 2.05) is 0 Å². The number of ketones is 1. The van der Waals surface area contributed by atoms with Crippen LogP contribution in [0, 0.1) is 6.92 Å². The third-order valence-corrected chi connectivity index (χ3v) is 5.83. The van der Waals surface area contributed by atoms with Crippen LogP contribution in [0.1, 0.15) is 25.7 Å². The zero-order chi connectivity index (χ0) is 22.2. The van der Waals surface area contributed by atoms with Gasteiger partial charge in [-0.1, -0.05) is 23.7 Å². The second kappa shape index (κ2) is 8.25. The van der Waals surface area contributed by atoms with Crippen molar-refractivity contribution in [2.24, 2.45) is 14.1 Å². The fourth-order valence-corrected chi connectivity index (χ4v) is 3.78. The Bertz CT molecular complexity index is 1270. The van der Waals surface area contributed by atoms with Crippen LogP contribution in [0.15, 0.2) is 33.9 Å². The van der Waals surface area contributed by atoms with E-state index in [0.717, 1.165) is 26.0 Å². The third-order valence-electron chi connectivity index (χ3n) is 4.40. The van der Waals surface area contributed by atoms with Gasteiger partial charge in [0, 0.05) is 24.7 Å². The summed E-state index contributed by atoms with van der Waals surface area (Å²) in [5, 5.41) is 1.17. The van der Waals surface area contributed by atoms with Crippen LogP contribution in [0.2, 0.25) is 5.02 Å². The van der Waals surface area contributed by atoms with E-state index in [2.05, 4.69) is 4.98 Å². The quantitative estimate of drug-likeness (QED) is 0.465. The van der Waals surface area contributed by atoms with Gasteiger partial charge >= 0.3 is 11.7 Å². The van der Waals surface area contributed by atoms with Crippen molar-refractivity contribution in [3.63, 3.8) is 0 Å². The van der Waals surface area contributed by atoms with E-state index in [4.69, 9.17) is 22.1 Å². The molecular weight excluding hydrogens is 432 g/mol. The molecule has 0 spiro atoms. The largest absolute Gasteiger partial charge is 0.453 e. The van der Waals surface area contributed by atoms with Gasteiger partial charge in [-0.3, -0.25) is 18.7 Å². The summed E-state index contributed by atoms with van der Waals surface area (Å²) in [6.07, 6.45) is 0. The molecule has 2 aromatic heterocycles. The molecule has 3 rings (SSSR count). The lowest BCUT2D eigenvalue weighted by atomic mass is 10.2. The number of aryl methyl sites for hydroxylation is 1. The fourth-order valence-electron chi connectivity index (χ4n) is 2.69. The SMILES string of the molecule is Cc1nc(-c2ccc(Cl)cc2)sc1C(=O)OCC(=O)c1c(N)n(C)c(=O)n(C)c1=O. The van der Waals surface area contributed by atoms with Crippen LogP contribution in [0.3, 0.4) is 0 Å². The number of nitrogen functional groups attached to an aromatic ring is 1. The molecule has 0 radical (unpaired) electrons. The Morgan fingerprint density at radius 3 is 2.43 bits per heavy atom. The van der Waals surface area contributed by atoms with E-state index in [-0.39, 0.29) is 10.7 Å². The van der Waals surface area contributed by atoms with Crippen molar-refractivity contribution in [1.29, 1.82) is 0 Å². The number of benzene rings is 1. The predicted molar refractivity (Wildman–Crippen MR) is 113 cm³/mol. The first-order valence-corrected chi connectivity index (χ1v) is 9.80. The second-order valence-corrected chi connectivity index (χ2v) is 7.84. The van der Waals surface area contributed by atoms with Gasteiger partial charge in [0.2, 0.25) is 5.78 Å². The summed E-state index contributed by atoms with van der Waals surface area (Å²) < 4.78 is 6.82. The highest BCUT2D eigenvalue weighted by Gasteiger charge is 2.23. The zero-order valence-electron chi connectivity index (χ0n) is 16.3. The summed E-state index contributed by atoms with van der Waals surface area (Å²) >= 11 is 6.99. The predicted octanol–water partition coefficient (Wildman–Crippen LogP) is 1.79. The van der Waals surface area contributed by atoms with Gasteiger partial charge in [0.15, 0.2) is 6.61 Å². The second-order valence-electron chi connectivity index (χ2n) is 6.41. The molecule has 0 saturated carbocycles. The van der Waals surface area contributed by atoms with Crippen LogP contribution in [-0.4, -0.2) is 32.5 Å². The Labute approximate surface area is 179 Å². The molecule has 156 valence electrons. The monoisotopic (exact) mass is 448 g/mol. The lowest BCUT2D eigenvalue weighted by Gasteiger charge is -2.10. The number of hydrogen-bond acceptors (Lipinski definition) is 8. The molecule has 0 bridgehead atoms. The lowest BCUT2D eigenvalue weighted by Crippen LogP contribution is -2.42. The number of esters is 1. The number of nitrogens with zero attached hydrogens (tertiary/aromatic N) is 3. The maximum Gasteiger partial charge on any atom is 0.350 e. The van der Waals surface area contributed by atoms with E-state index < -0.39 is 35.2 Å². The van der Waals surface area contributed by atoms with E-state index in [0.29, 0.717) is 15.7 Å². The maximum absolute atomic E-state index is 12.5. The van der Waals surface area contributed by atoms with Crippen molar-refractivity contribution in [2.45, 2.75) is 6.92 Å². The van der Waals surface area contributed by atoms with Crippen LogP contribution in [0.25, 0.3) is 10.6 Å². The number of hydrogen-bond donors (Lipinski definition) is 1. The van der Waals surface area contributed by atoms with Crippen molar-refractivity contribution in [2.75, 3.05) is 12.3 Å². The molecule has 0 unspecified atom stereocenters. The summed E-state index contributed by atoms with van der Waals surface area (Å²) in [5.74, 6) is -1.85. The molecule has 30 heavy (non-hydrogen) atoms. The molecule has 3 aromatic rings. The van der Waals surface area contributed by atoms with Crippen molar-refractivity contribution in [3.05, 3.63) is 66.3 Å². The standard InChI is InChI=1S/C19H17ClN4O5S/c1-9-14(30-16(22-9)10-4-6-11(20)7-5-10)18(27)29-8-12(25)13-15(21)23(2)19(28)24(3)17(13)26/h4-7H,8,21H2,1-3H3. The minimum atomic E-state index is -0.851. The molecule has 0 aliphatic carbocycles. The van der Waals surface area contributed by atoms with Crippen LogP contribution in [-0.2, 0) is 18.8 Å². The normalized spacial score (nSPS) is 10.8. The van der Waals surface area contributed by atoms with E-state index >= 15 is 0 Å². The maximum atomic E-state index is 12.5. The summed E-state index contributed by atoms with van der Waals surface area (Å²) in [6.45, 7) is 0.944. The first kappa shape index (κ1) is 21.5. The van der Waals surface area contributed by atoms with Crippen molar-refractivity contribution < 1.29 is 14.3 Å². The lowest BCUT2D eigenvalue weighted by molar-refractivity contribution is 0.0478. The molecule has 0 atom stereocenters. The third kappa shape index (κ3) is 3.91. The molecule has 2 N–H and O–H groups in total. The highest BCUT2D eigenvalue weighted by atomic mass is 35.5. The Hall–Kier alpha value is -3.24. The summed E-state index contributed by atoms with van der Waals surface area (Å²) in [5.41, 5.74) is 5.05. The van der Waals surface area contributed by atoms with Gasteiger partial charge in [-0.15, -0.1) is 11.3 Å². The van der Waals surface area contributed by atoms with E-state index in [1.165, 1.54) is 14.1 Å². The Morgan fingerprint density at radius 2 is 1.80 bits per heavy atom. The number of carbonyl (C=O) groups excluding carboxylic acids is 2. The first-order chi connectivity index (χ1) is 14.1. The number of carbonyl (C=O) groups is 2. The van der Waals surface area contributed by atoms with Gasteiger partial charge in [-0.25, -0.2) is 14.6 Å². The molecule has 11 heteroatoms. The van der Waals surface area contributed by atoms with Gasteiger partial charge in [-0.2, -0.15) is 0 Å². The molecule has 0 fully saturated rings. The summed E-state index contributed by atoms with van der Waals surface area (Å²) in [4.78, 5) is 53.6. The fraction of sp³-hybridized carbons (Fsp3) is 0.211. The molecule has 9 nitrogen and oxygen atoms in total. The minimum absolute atomic E-state index is 0.231. The number of ether oxygens (including phenoxy) is 1. The number of anilines is 1. The molecular formula is C19H17ClN4O5S. The van der Waals surface area contributed by atoms with Crippen LogP contribution in [0.5, 0.6) is 0 Å². The van der Waals surface area contributed by atoms with Crippen LogP contribution < -0.4 is 17.0 Å². The summed E-state index contributed by atoms with van der Waals surface area (Å²) in [7, 11) is 2.56. The number of Topliss-reactive ketones (excluding diaryl/α,β-unsaturated/α-hetero) is 1. The van der Waals surface area contributed by atoms with Gasteiger partial charge in [-0.05, 0) is 19.1 Å². The Balaban J connectivity index is 1.80. The molecule has 0 saturated heterocycles. The minimum Gasteiger partial charge on any atom is -0.453 e. The molecule has 0 aliphatic rings. The van der Waals surface area contributed by atoms with Gasteiger partial charge in [0.25, 0.3) is 5.56 Å². The zero-order valence-corrected chi connectivity index (χ0v) is 17.8. The first-order valence-electron chi connectivity index (χ1n) is 8.61. The van der Waals surface area contributed by atoms with Gasteiger partial charge in [0.1, 0.15) is 21.3 Å². The van der Waals surface area contributed by atoms with Crippen LogP contribution in [0.4, 0.5) is 5.82 Å². The molecule has 0 aliphatic heterocycles. The number of aromatic nitrogens is 3. The number of nitrogens with two attached hydrogens (primary N) is 1. The van der Waals surface area contributed by atoms with Crippen LogP contribution >= 0.6 is 22.9 Å². The van der Waals surface area contributed by atoms with E-state index in [1.54, 1.807) is 31.2 Å². The molecule has 2 heterocycles. The Kier molecular flexibility index (Phi) is 5.90. The van der Waals surface area contributed by atoms with Crippen molar-refractivity contribution in [1.82, 2.24) is 14.1 Å². The van der Waals surface area contributed by atoms with E-state index in [9.17, 15) is 19.2 Å². The number of thiazole rings is 1. The van der Waals surface area contributed by atoms with Gasteiger partial charge < -0.3 is 10.5 Å². The smallest absolute Gasteiger partial charge is 0.350 e. The molecule has 0 amide bonds. The van der Waals surface area contributed by atoms with Crippen molar-refractivity contribution >= 4 is 40.5 Å². The number of rotatable bonds is 5.